The first-order chi connectivity index (χ1) is 14.0. The van der Waals surface area contributed by atoms with Gasteiger partial charge in [-0.3, -0.25) is 4.98 Å². The lowest BCUT2D eigenvalue weighted by atomic mass is 9.92. The number of carbonyl (C=O) groups is 1. The van der Waals surface area contributed by atoms with Crippen molar-refractivity contribution in [1.29, 1.82) is 0 Å². The number of urea groups is 1. The van der Waals surface area contributed by atoms with Crippen LogP contribution in [0, 0.1) is 25.1 Å². The zero-order valence-electron chi connectivity index (χ0n) is 18.1. The number of rotatable bonds is 4. The molecule has 0 bridgehead atoms. The summed E-state index contributed by atoms with van der Waals surface area (Å²) < 4.78 is 14.5. The molecule has 0 radical (unpaired) electrons. The van der Waals surface area contributed by atoms with Gasteiger partial charge in [-0.1, -0.05) is 20.8 Å². The largest absolute Gasteiger partial charge is 0.384 e. The van der Waals surface area contributed by atoms with Gasteiger partial charge in [0.05, 0.1) is 11.2 Å². The standard InChI is InChI=1S/C23H28FN5O/c1-13-8-18(24)20(29-22(30)26-7-6-23(3,4)5)10-16(13)17-9-15-12-27-21(25)11-19(15)28-14(17)2/h8-12H,6-7H2,1-5H3,(H2,25,27)(H2,26,29,30). The summed E-state index contributed by atoms with van der Waals surface area (Å²) in [6, 6.07) is 6.32. The van der Waals surface area contributed by atoms with Gasteiger partial charge in [0.1, 0.15) is 11.6 Å². The molecule has 2 amide bonds. The Morgan fingerprint density at radius 3 is 2.57 bits per heavy atom. The number of nitrogens with zero attached hydrogens (tertiary/aromatic N) is 2. The molecule has 2 heterocycles. The topological polar surface area (TPSA) is 92.9 Å². The second kappa shape index (κ2) is 8.26. The molecule has 3 rings (SSSR count). The summed E-state index contributed by atoms with van der Waals surface area (Å²) in [5, 5.41) is 6.24. The monoisotopic (exact) mass is 409 g/mol. The summed E-state index contributed by atoms with van der Waals surface area (Å²) in [4.78, 5) is 21.0. The molecule has 158 valence electrons. The maximum absolute atomic E-state index is 14.5. The lowest BCUT2D eigenvalue weighted by Crippen LogP contribution is -2.31. The molecule has 2 aromatic heterocycles. The van der Waals surface area contributed by atoms with Crippen LogP contribution >= 0.6 is 0 Å². The Morgan fingerprint density at radius 1 is 1.13 bits per heavy atom. The van der Waals surface area contributed by atoms with Crippen LogP contribution < -0.4 is 16.4 Å². The van der Waals surface area contributed by atoms with Crippen molar-refractivity contribution < 1.29 is 9.18 Å². The van der Waals surface area contributed by atoms with E-state index in [2.05, 4.69) is 41.4 Å². The molecule has 7 heteroatoms. The first-order valence-corrected chi connectivity index (χ1v) is 9.92. The van der Waals surface area contributed by atoms with Crippen LogP contribution in [0.4, 0.5) is 20.7 Å². The molecule has 1 aromatic carbocycles. The smallest absolute Gasteiger partial charge is 0.319 e. The van der Waals surface area contributed by atoms with E-state index >= 15 is 0 Å². The van der Waals surface area contributed by atoms with Crippen molar-refractivity contribution in [3.63, 3.8) is 0 Å². The molecule has 4 N–H and O–H groups in total. The highest BCUT2D eigenvalue weighted by molar-refractivity contribution is 5.92. The number of amides is 2. The van der Waals surface area contributed by atoms with Crippen LogP contribution in [0.5, 0.6) is 0 Å². The zero-order chi connectivity index (χ0) is 22.1. The molecule has 0 spiro atoms. The van der Waals surface area contributed by atoms with Gasteiger partial charge in [-0.25, -0.2) is 14.2 Å². The molecular weight excluding hydrogens is 381 g/mol. The number of aromatic nitrogens is 2. The molecule has 0 aliphatic carbocycles. The van der Waals surface area contributed by atoms with E-state index in [1.165, 1.54) is 6.07 Å². The fourth-order valence-corrected chi connectivity index (χ4v) is 3.23. The quantitative estimate of drug-likeness (QED) is 0.553. The van der Waals surface area contributed by atoms with Gasteiger partial charge >= 0.3 is 6.03 Å². The van der Waals surface area contributed by atoms with Crippen LogP contribution in [0.1, 0.15) is 38.4 Å². The number of hydrogen-bond acceptors (Lipinski definition) is 4. The molecule has 0 fully saturated rings. The van der Waals surface area contributed by atoms with E-state index < -0.39 is 11.8 Å². The van der Waals surface area contributed by atoms with Gasteiger partial charge in [-0.15, -0.1) is 0 Å². The van der Waals surface area contributed by atoms with Crippen molar-refractivity contribution in [3.8, 4) is 11.1 Å². The van der Waals surface area contributed by atoms with Crippen LogP contribution in [-0.4, -0.2) is 22.5 Å². The third-order valence-corrected chi connectivity index (χ3v) is 4.92. The highest BCUT2D eigenvalue weighted by Gasteiger charge is 2.15. The SMILES string of the molecule is Cc1cc(F)c(NC(=O)NCCC(C)(C)C)cc1-c1cc2cnc(N)cc2nc1C. The lowest BCUT2D eigenvalue weighted by molar-refractivity contribution is 0.250. The molecule has 0 aliphatic heterocycles. The predicted octanol–water partition coefficient (Wildman–Crippen LogP) is 5.19. The van der Waals surface area contributed by atoms with Crippen molar-refractivity contribution in [3.05, 3.63) is 47.5 Å². The molecule has 30 heavy (non-hydrogen) atoms. The van der Waals surface area contributed by atoms with Gasteiger partial charge in [0.25, 0.3) is 0 Å². The maximum Gasteiger partial charge on any atom is 0.319 e. The summed E-state index contributed by atoms with van der Waals surface area (Å²) in [6.45, 7) is 10.5. The number of benzene rings is 1. The molecule has 0 saturated heterocycles. The van der Waals surface area contributed by atoms with E-state index in [9.17, 15) is 9.18 Å². The summed E-state index contributed by atoms with van der Waals surface area (Å²) in [6.07, 6.45) is 2.49. The summed E-state index contributed by atoms with van der Waals surface area (Å²) in [5.41, 5.74) is 9.91. The number of nitrogen functional groups attached to an aromatic ring is 1. The van der Waals surface area contributed by atoms with Gasteiger partial charge in [0.15, 0.2) is 0 Å². The maximum atomic E-state index is 14.5. The fraction of sp³-hybridized carbons (Fsp3) is 0.348. The average Bonchev–Trinajstić information content (AvgIpc) is 2.62. The van der Waals surface area contributed by atoms with Crippen LogP contribution in [-0.2, 0) is 0 Å². The van der Waals surface area contributed by atoms with Gasteiger partial charge < -0.3 is 16.4 Å². The summed E-state index contributed by atoms with van der Waals surface area (Å²) in [7, 11) is 0. The molecule has 3 aromatic rings. The minimum Gasteiger partial charge on any atom is -0.384 e. The number of anilines is 2. The number of nitrogens with one attached hydrogen (secondary N) is 2. The molecule has 0 aliphatic rings. The minimum absolute atomic E-state index is 0.107. The van der Waals surface area contributed by atoms with E-state index in [0.29, 0.717) is 12.4 Å². The van der Waals surface area contributed by atoms with E-state index in [4.69, 9.17) is 5.73 Å². The molecular formula is C23H28FN5O. The van der Waals surface area contributed by atoms with Crippen LogP contribution in [0.3, 0.4) is 0 Å². The van der Waals surface area contributed by atoms with Gasteiger partial charge in [0.2, 0.25) is 0 Å². The van der Waals surface area contributed by atoms with E-state index in [1.54, 1.807) is 18.3 Å². The normalized spacial score (nSPS) is 11.5. The number of aryl methyl sites for hydroxylation is 2. The first-order valence-electron chi connectivity index (χ1n) is 9.92. The van der Waals surface area contributed by atoms with Crippen molar-refractivity contribution in [1.82, 2.24) is 15.3 Å². The second-order valence-electron chi connectivity index (χ2n) is 8.76. The third kappa shape index (κ3) is 5.03. The van der Waals surface area contributed by atoms with Crippen LogP contribution in [0.15, 0.2) is 30.5 Å². The van der Waals surface area contributed by atoms with Crippen LogP contribution in [0.25, 0.3) is 22.0 Å². The van der Waals surface area contributed by atoms with Gasteiger partial charge in [-0.2, -0.15) is 0 Å². The fourth-order valence-electron chi connectivity index (χ4n) is 3.23. The Labute approximate surface area is 176 Å². The number of hydrogen-bond donors (Lipinski definition) is 3. The zero-order valence-corrected chi connectivity index (χ0v) is 18.1. The average molecular weight is 410 g/mol. The van der Waals surface area contributed by atoms with Crippen molar-refractivity contribution >= 4 is 28.4 Å². The van der Waals surface area contributed by atoms with Gasteiger partial charge in [0, 0.05) is 35.5 Å². The second-order valence-corrected chi connectivity index (χ2v) is 8.76. The van der Waals surface area contributed by atoms with E-state index in [0.717, 1.165) is 39.7 Å². The molecule has 6 nitrogen and oxygen atoms in total. The van der Waals surface area contributed by atoms with Crippen molar-refractivity contribution in [2.45, 2.75) is 41.0 Å². The Balaban J connectivity index is 1.90. The van der Waals surface area contributed by atoms with Gasteiger partial charge in [-0.05, 0) is 55.0 Å². The Hall–Kier alpha value is -3.22. The first kappa shape index (κ1) is 21.5. The Morgan fingerprint density at radius 2 is 1.87 bits per heavy atom. The van der Waals surface area contributed by atoms with Crippen LogP contribution in [0.2, 0.25) is 0 Å². The van der Waals surface area contributed by atoms with Crippen molar-refractivity contribution in [2.75, 3.05) is 17.6 Å². The molecule has 0 saturated carbocycles. The number of halogens is 1. The highest BCUT2D eigenvalue weighted by Crippen LogP contribution is 2.32. The third-order valence-electron chi connectivity index (χ3n) is 4.92. The number of pyridine rings is 2. The predicted molar refractivity (Wildman–Crippen MR) is 120 cm³/mol. The number of carbonyl (C=O) groups excluding carboxylic acids is 1. The number of fused-ring (bicyclic) bond motifs is 1. The molecule has 0 atom stereocenters. The summed E-state index contributed by atoms with van der Waals surface area (Å²) >= 11 is 0. The highest BCUT2D eigenvalue weighted by atomic mass is 19.1. The van der Waals surface area contributed by atoms with Crippen molar-refractivity contribution in [2.24, 2.45) is 5.41 Å². The van der Waals surface area contributed by atoms with E-state index in [-0.39, 0.29) is 11.1 Å². The number of nitrogens with two attached hydrogens (primary N) is 1. The Kier molecular flexibility index (Phi) is 5.92. The lowest BCUT2D eigenvalue weighted by Gasteiger charge is -2.18. The summed E-state index contributed by atoms with van der Waals surface area (Å²) in [5.74, 6) is -0.0767. The molecule has 0 unspecified atom stereocenters. The van der Waals surface area contributed by atoms with E-state index in [1.807, 2.05) is 19.9 Å². The Bertz CT molecular complexity index is 1100. The minimum atomic E-state index is -0.483.